The number of hydrogen-bond acceptors (Lipinski definition) is 4. The van der Waals surface area contributed by atoms with Crippen LogP contribution in [0.2, 0.25) is 0 Å². The molecule has 2 aromatic rings. The van der Waals surface area contributed by atoms with Crippen molar-refractivity contribution in [3.05, 3.63) is 59.2 Å². The minimum atomic E-state index is -0.398. The third kappa shape index (κ3) is 4.73. The van der Waals surface area contributed by atoms with Crippen molar-refractivity contribution >= 4 is 28.9 Å². The van der Waals surface area contributed by atoms with Gasteiger partial charge in [0.15, 0.2) is 0 Å². The Balaban J connectivity index is 1.59. The number of hydrazone groups is 1. The molecule has 4 N–H and O–H groups in total. The number of carbonyl (C=O) groups excluding carboxylic acids is 2. The van der Waals surface area contributed by atoms with Gasteiger partial charge >= 0.3 is 0 Å². The highest BCUT2D eigenvalue weighted by Crippen LogP contribution is 2.27. The molecule has 6 heteroatoms. The number of fused-ring (bicyclic) bond motifs is 1. The van der Waals surface area contributed by atoms with Gasteiger partial charge in [0.2, 0.25) is 5.91 Å². The van der Waals surface area contributed by atoms with Gasteiger partial charge in [-0.2, -0.15) is 5.10 Å². The average Bonchev–Trinajstić information content (AvgIpc) is 2.67. The number of carbonyl (C=O) groups is 2. The van der Waals surface area contributed by atoms with Gasteiger partial charge in [-0.25, -0.2) is 5.43 Å². The number of anilines is 2. The highest BCUT2D eigenvalue weighted by atomic mass is 16.2. The highest BCUT2D eigenvalue weighted by Gasteiger charge is 2.15. The van der Waals surface area contributed by atoms with Crippen LogP contribution in [0.15, 0.2) is 47.6 Å². The number of rotatable bonds is 5. The minimum absolute atomic E-state index is 0.105. The maximum atomic E-state index is 12.4. The molecule has 2 amide bonds. The summed E-state index contributed by atoms with van der Waals surface area (Å²) in [6, 6.07) is 12.8. The fraction of sp³-hybridized carbons (Fsp3) is 0.286. The smallest absolute Gasteiger partial charge is 0.273 e. The Kier molecular flexibility index (Phi) is 5.86. The second-order valence-corrected chi connectivity index (χ2v) is 6.75. The van der Waals surface area contributed by atoms with E-state index >= 15 is 0 Å². The highest BCUT2D eigenvalue weighted by molar-refractivity contribution is 6.06. The number of benzene rings is 2. The molecule has 0 saturated carbocycles. The molecular weight excluding hydrogens is 340 g/mol. The lowest BCUT2D eigenvalue weighted by Gasteiger charge is -2.19. The van der Waals surface area contributed by atoms with Gasteiger partial charge in [-0.05, 0) is 61.9 Å². The third-order valence-electron chi connectivity index (χ3n) is 4.64. The first kappa shape index (κ1) is 18.6. The Bertz CT molecular complexity index is 890. The van der Waals surface area contributed by atoms with Crippen molar-refractivity contribution in [3.8, 4) is 0 Å². The van der Waals surface area contributed by atoms with Crippen LogP contribution in [0.4, 0.5) is 11.4 Å². The zero-order valence-electron chi connectivity index (χ0n) is 15.4. The Labute approximate surface area is 158 Å². The van der Waals surface area contributed by atoms with Crippen LogP contribution in [0.3, 0.4) is 0 Å². The van der Waals surface area contributed by atoms with Crippen LogP contribution in [-0.4, -0.2) is 17.5 Å². The molecule has 0 unspecified atom stereocenters. The van der Waals surface area contributed by atoms with E-state index in [4.69, 9.17) is 5.73 Å². The van der Waals surface area contributed by atoms with E-state index in [9.17, 15) is 9.59 Å². The molecule has 0 atom stereocenters. The Morgan fingerprint density at radius 3 is 2.67 bits per heavy atom. The standard InChI is InChI=1S/C21H24N4O2/c1-14(24-25-21(27)17-10-4-5-11-18(17)22)13-20(26)23-19-12-6-8-15-7-2-3-9-16(15)19/h4-6,8,10-12H,2-3,7,9,13,22H2,1H3,(H,23,26)(H,25,27)/b24-14-. The van der Waals surface area contributed by atoms with Gasteiger partial charge in [-0.15, -0.1) is 0 Å². The molecule has 0 heterocycles. The lowest BCUT2D eigenvalue weighted by molar-refractivity contribution is -0.115. The summed E-state index contributed by atoms with van der Waals surface area (Å²) in [5.41, 5.74) is 12.9. The lowest BCUT2D eigenvalue weighted by Crippen LogP contribution is -2.22. The van der Waals surface area contributed by atoms with Crippen molar-refractivity contribution in [2.75, 3.05) is 11.1 Å². The summed E-state index contributed by atoms with van der Waals surface area (Å²) >= 11 is 0. The first-order valence-corrected chi connectivity index (χ1v) is 9.13. The van der Waals surface area contributed by atoms with Crippen LogP contribution < -0.4 is 16.5 Å². The summed E-state index contributed by atoms with van der Waals surface area (Å²) in [5.74, 6) is -0.548. The number of nitrogen functional groups attached to an aromatic ring is 1. The molecule has 0 saturated heterocycles. The van der Waals surface area contributed by atoms with Crippen LogP contribution in [0.1, 0.15) is 47.7 Å². The first-order valence-electron chi connectivity index (χ1n) is 9.13. The zero-order chi connectivity index (χ0) is 19.2. The molecule has 27 heavy (non-hydrogen) atoms. The third-order valence-corrected chi connectivity index (χ3v) is 4.64. The Morgan fingerprint density at radius 2 is 1.85 bits per heavy atom. The molecule has 0 spiro atoms. The topological polar surface area (TPSA) is 96.6 Å². The summed E-state index contributed by atoms with van der Waals surface area (Å²) in [7, 11) is 0. The van der Waals surface area contributed by atoms with Crippen molar-refractivity contribution in [2.45, 2.75) is 39.0 Å². The molecule has 6 nitrogen and oxygen atoms in total. The lowest BCUT2D eigenvalue weighted by atomic mass is 9.90. The van der Waals surface area contributed by atoms with Gasteiger partial charge in [0.05, 0.1) is 12.0 Å². The van der Waals surface area contributed by atoms with Gasteiger partial charge in [-0.1, -0.05) is 24.3 Å². The SMILES string of the molecule is C/C(CC(=O)Nc1cccc2c1CCCC2)=N/NC(=O)c1ccccc1N. The van der Waals surface area contributed by atoms with E-state index < -0.39 is 5.91 Å². The van der Waals surface area contributed by atoms with E-state index in [1.165, 1.54) is 17.5 Å². The van der Waals surface area contributed by atoms with Gasteiger partial charge in [0.25, 0.3) is 5.91 Å². The maximum absolute atomic E-state index is 12.4. The molecule has 2 aromatic carbocycles. The molecule has 0 aromatic heterocycles. The summed E-state index contributed by atoms with van der Waals surface area (Å²) in [5, 5.41) is 6.99. The number of hydrogen-bond donors (Lipinski definition) is 3. The van der Waals surface area contributed by atoms with E-state index in [0.29, 0.717) is 17.0 Å². The normalized spacial score (nSPS) is 13.6. The van der Waals surface area contributed by atoms with E-state index in [-0.39, 0.29) is 12.3 Å². The van der Waals surface area contributed by atoms with Crippen LogP contribution in [0.25, 0.3) is 0 Å². The largest absolute Gasteiger partial charge is 0.398 e. The van der Waals surface area contributed by atoms with E-state index in [2.05, 4.69) is 21.9 Å². The number of nitrogens with two attached hydrogens (primary N) is 1. The Hall–Kier alpha value is -3.15. The quantitative estimate of drug-likeness (QED) is 0.431. The number of nitrogens with zero attached hydrogens (tertiary/aromatic N) is 1. The number of amides is 2. The van der Waals surface area contributed by atoms with Gasteiger partial charge in [0.1, 0.15) is 0 Å². The summed E-state index contributed by atoms with van der Waals surface area (Å²) in [6.45, 7) is 1.70. The fourth-order valence-electron chi connectivity index (χ4n) is 3.27. The van der Waals surface area contributed by atoms with Crippen LogP contribution in [-0.2, 0) is 17.6 Å². The second kappa shape index (κ2) is 8.49. The molecule has 0 fully saturated rings. The summed E-state index contributed by atoms with van der Waals surface area (Å²) in [6.07, 6.45) is 4.51. The molecule has 140 valence electrons. The number of aryl methyl sites for hydroxylation is 1. The van der Waals surface area contributed by atoms with E-state index in [0.717, 1.165) is 24.9 Å². The Morgan fingerprint density at radius 1 is 1.07 bits per heavy atom. The fourth-order valence-corrected chi connectivity index (χ4v) is 3.27. The maximum Gasteiger partial charge on any atom is 0.273 e. The van der Waals surface area contributed by atoms with Crippen molar-refractivity contribution < 1.29 is 9.59 Å². The number of nitrogens with one attached hydrogen (secondary N) is 2. The molecule has 1 aliphatic rings. The predicted octanol–water partition coefficient (Wildman–Crippen LogP) is 3.28. The van der Waals surface area contributed by atoms with Crippen molar-refractivity contribution in [1.82, 2.24) is 5.43 Å². The molecule has 3 rings (SSSR count). The first-order chi connectivity index (χ1) is 13.0. The molecule has 0 bridgehead atoms. The van der Waals surface area contributed by atoms with Crippen LogP contribution in [0, 0.1) is 0 Å². The second-order valence-electron chi connectivity index (χ2n) is 6.75. The van der Waals surface area contributed by atoms with Crippen LogP contribution >= 0.6 is 0 Å². The predicted molar refractivity (Wildman–Crippen MR) is 108 cm³/mol. The van der Waals surface area contributed by atoms with Crippen molar-refractivity contribution in [2.24, 2.45) is 5.10 Å². The average molecular weight is 364 g/mol. The molecule has 0 aliphatic heterocycles. The molecule has 0 radical (unpaired) electrons. The number of para-hydroxylation sites is 1. The van der Waals surface area contributed by atoms with Crippen molar-refractivity contribution in [1.29, 1.82) is 0 Å². The van der Waals surface area contributed by atoms with Gasteiger partial charge < -0.3 is 11.1 Å². The summed E-state index contributed by atoms with van der Waals surface area (Å²) < 4.78 is 0. The van der Waals surface area contributed by atoms with Gasteiger partial charge in [-0.3, -0.25) is 9.59 Å². The van der Waals surface area contributed by atoms with Crippen LogP contribution in [0.5, 0.6) is 0 Å². The zero-order valence-corrected chi connectivity index (χ0v) is 15.4. The summed E-state index contributed by atoms with van der Waals surface area (Å²) in [4.78, 5) is 24.5. The van der Waals surface area contributed by atoms with Crippen molar-refractivity contribution in [3.63, 3.8) is 0 Å². The molecule has 1 aliphatic carbocycles. The monoisotopic (exact) mass is 364 g/mol. The van der Waals surface area contributed by atoms with Gasteiger partial charge in [0, 0.05) is 17.1 Å². The van der Waals surface area contributed by atoms with E-state index in [1.54, 1.807) is 31.2 Å². The minimum Gasteiger partial charge on any atom is -0.398 e. The molecular formula is C21H24N4O2. The van der Waals surface area contributed by atoms with E-state index in [1.807, 2.05) is 12.1 Å².